The molecule has 0 aliphatic carbocycles. The first-order valence-electron chi connectivity index (χ1n) is 7.27. The van der Waals surface area contributed by atoms with Gasteiger partial charge in [-0.3, -0.25) is 4.79 Å². The largest absolute Gasteiger partial charge is 0.371 e. The lowest BCUT2D eigenvalue weighted by Gasteiger charge is -2.40. The number of hydrogen-bond acceptors (Lipinski definition) is 3. The molecule has 1 N–H and O–H groups in total. The van der Waals surface area contributed by atoms with E-state index in [-0.39, 0.29) is 5.41 Å². The number of nitrogens with one attached hydrogen (secondary N) is 1. The second kappa shape index (κ2) is 4.49. The summed E-state index contributed by atoms with van der Waals surface area (Å²) in [4.78, 5) is 15.0. The molecule has 4 heteroatoms. The topological polar surface area (TPSA) is 41.6 Å². The standard InChI is InChI=1S/C14H24N2O2/c1-10(2)14(5-6-15-9-14)13(17)16-7-11-3-4-12(8-16)18-11/h10-12,15H,3-9H2,1-2H3. The third-order valence-corrected chi connectivity index (χ3v) is 5.05. The Morgan fingerprint density at radius 1 is 1.33 bits per heavy atom. The van der Waals surface area contributed by atoms with Gasteiger partial charge in [0.1, 0.15) is 0 Å². The number of carbonyl (C=O) groups excluding carboxylic acids is 1. The van der Waals surface area contributed by atoms with Gasteiger partial charge in [-0.2, -0.15) is 0 Å². The first-order valence-corrected chi connectivity index (χ1v) is 7.27. The van der Waals surface area contributed by atoms with Crippen LogP contribution in [0.1, 0.15) is 33.1 Å². The molecule has 0 radical (unpaired) electrons. The molecular formula is C14H24N2O2. The second-order valence-corrected chi connectivity index (χ2v) is 6.41. The van der Waals surface area contributed by atoms with Crippen molar-refractivity contribution >= 4 is 5.91 Å². The minimum Gasteiger partial charge on any atom is -0.371 e. The van der Waals surface area contributed by atoms with Crippen molar-refractivity contribution in [2.75, 3.05) is 26.2 Å². The van der Waals surface area contributed by atoms with Gasteiger partial charge in [-0.1, -0.05) is 13.8 Å². The van der Waals surface area contributed by atoms with Crippen molar-refractivity contribution in [3.63, 3.8) is 0 Å². The van der Waals surface area contributed by atoms with E-state index >= 15 is 0 Å². The van der Waals surface area contributed by atoms with Crippen LogP contribution in [0.5, 0.6) is 0 Å². The minimum absolute atomic E-state index is 0.170. The van der Waals surface area contributed by atoms with E-state index in [0.717, 1.165) is 45.4 Å². The van der Waals surface area contributed by atoms with Gasteiger partial charge in [-0.25, -0.2) is 0 Å². The highest BCUT2D eigenvalue weighted by atomic mass is 16.5. The fourth-order valence-corrected chi connectivity index (χ4v) is 3.73. The van der Waals surface area contributed by atoms with Crippen LogP contribution in [0.3, 0.4) is 0 Å². The zero-order valence-electron chi connectivity index (χ0n) is 11.4. The summed E-state index contributed by atoms with van der Waals surface area (Å²) in [6.07, 6.45) is 3.83. The van der Waals surface area contributed by atoms with Crippen molar-refractivity contribution in [2.24, 2.45) is 11.3 Å². The number of morpholine rings is 1. The maximum atomic E-state index is 12.9. The lowest BCUT2D eigenvalue weighted by molar-refractivity contribution is -0.152. The lowest BCUT2D eigenvalue weighted by Crippen LogP contribution is -2.54. The van der Waals surface area contributed by atoms with Gasteiger partial charge < -0.3 is 15.0 Å². The van der Waals surface area contributed by atoms with E-state index in [1.54, 1.807) is 0 Å². The molecule has 3 saturated heterocycles. The monoisotopic (exact) mass is 252 g/mol. The number of fused-ring (bicyclic) bond motifs is 2. The molecule has 4 nitrogen and oxygen atoms in total. The first-order chi connectivity index (χ1) is 8.62. The van der Waals surface area contributed by atoms with Crippen molar-refractivity contribution in [1.29, 1.82) is 0 Å². The molecular weight excluding hydrogens is 228 g/mol. The smallest absolute Gasteiger partial charge is 0.230 e. The first kappa shape index (κ1) is 12.4. The van der Waals surface area contributed by atoms with Crippen LogP contribution in [0.15, 0.2) is 0 Å². The summed E-state index contributed by atoms with van der Waals surface area (Å²) in [7, 11) is 0. The fraction of sp³-hybridized carbons (Fsp3) is 0.929. The van der Waals surface area contributed by atoms with Gasteiger partial charge in [0.05, 0.1) is 17.6 Å². The van der Waals surface area contributed by atoms with Gasteiger partial charge in [-0.05, 0) is 31.7 Å². The van der Waals surface area contributed by atoms with Gasteiger partial charge in [-0.15, -0.1) is 0 Å². The highest BCUT2D eigenvalue weighted by Gasteiger charge is 2.48. The number of likely N-dealkylation sites (tertiary alicyclic amines) is 1. The van der Waals surface area contributed by atoms with E-state index in [1.165, 1.54) is 0 Å². The summed E-state index contributed by atoms with van der Waals surface area (Å²) in [5.74, 6) is 0.767. The van der Waals surface area contributed by atoms with Gasteiger partial charge >= 0.3 is 0 Å². The number of nitrogens with zero attached hydrogens (tertiary/aromatic N) is 1. The van der Waals surface area contributed by atoms with Crippen molar-refractivity contribution in [3.05, 3.63) is 0 Å². The number of carbonyl (C=O) groups is 1. The molecule has 3 aliphatic heterocycles. The molecule has 3 unspecified atom stereocenters. The molecule has 0 aromatic carbocycles. The zero-order valence-corrected chi connectivity index (χ0v) is 11.4. The molecule has 102 valence electrons. The second-order valence-electron chi connectivity index (χ2n) is 6.41. The molecule has 3 rings (SSSR count). The molecule has 0 saturated carbocycles. The van der Waals surface area contributed by atoms with E-state index in [2.05, 4.69) is 24.1 Å². The molecule has 3 heterocycles. The van der Waals surface area contributed by atoms with Crippen LogP contribution in [-0.4, -0.2) is 49.2 Å². The molecule has 0 aromatic rings. The van der Waals surface area contributed by atoms with Crippen LogP contribution < -0.4 is 5.32 Å². The van der Waals surface area contributed by atoms with Gasteiger partial charge in [0, 0.05) is 19.6 Å². The van der Waals surface area contributed by atoms with Gasteiger partial charge in [0.2, 0.25) is 5.91 Å². The summed E-state index contributed by atoms with van der Waals surface area (Å²) < 4.78 is 5.82. The van der Waals surface area contributed by atoms with E-state index in [0.29, 0.717) is 24.0 Å². The molecule has 3 aliphatic rings. The number of rotatable bonds is 2. The van der Waals surface area contributed by atoms with Gasteiger partial charge in [0.25, 0.3) is 0 Å². The Labute approximate surface area is 109 Å². The third-order valence-electron chi connectivity index (χ3n) is 5.05. The van der Waals surface area contributed by atoms with E-state index < -0.39 is 0 Å². The Morgan fingerprint density at radius 3 is 2.50 bits per heavy atom. The van der Waals surface area contributed by atoms with E-state index in [1.807, 2.05) is 0 Å². The number of ether oxygens (including phenoxy) is 1. The highest BCUT2D eigenvalue weighted by molar-refractivity contribution is 5.84. The predicted octanol–water partition coefficient (Wildman–Crippen LogP) is 1.01. The summed E-state index contributed by atoms with van der Waals surface area (Å²) in [6.45, 7) is 7.80. The molecule has 2 bridgehead atoms. The lowest BCUT2D eigenvalue weighted by atomic mass is 9.75. The summed E-state index contributed by atoms with van der Waals surface area (Å²) in [5.41, 5.74) is -0.170. The normalized spacial score (nSPS) is 39.6. The van der Waals surface area contributed by atoms with Crippen LogP contribution in [0, 0.1) is 11.3 Å². The van der Waals surface area contributed by atoms with Crippen LogP contribution in [0.2, 0.25) is 0 Å². The Morgan fingerprint density at radius 2 is 2.00 bits per heavy atom. The molecule has 1 amide bonds. The predicted molar refractivity (Wildman–Crippen MR) is 69.2 cm³/mol. The number of hydrogen-bond donors (Lipinski definition) is 1. The molecule has 0 spiro atoms. The maximum absolute atomic E-state index is 12.9. The highest BCUT2D eigenvalue weighted by Crippen LogP contribution is 2.38. The van der Waals surface area contributed by atoms with Crippen LogP contribution in [0.25, 0.3) is 0 Å². The summed E-state index contributed by atoms with van der Waals surface area (Å²) in [6, 6.07) is 0. The molecule has 3 atom stereocenters. The van der Waals surface area contributed by atoms with E-state index in [4.69, 9.17) is 4.74 Å². The quantitative estimate of drug-likeness (QED) is 0.797. The van der Waals surface area contributed by atoms with Crippen LogP contribution >= 0.6 is 0 Å². The van der Waals surface area contributed by atoms with Gasteiger partial charge in [0.15, 0.2) is 0 Å². The Bertz CT molecular complexity index is 325. The van der Waals surface area contributed by atoms with Crippen molar-refractivity contribution in [1.82, 2.24) is 10.2 Å². The average Bonchev–Trinajstić information content (AvgIpc) is 2.96. The Balaban J connectivity index is 1.77. The zero-order chi connectivity index (χ0) is 12.8. The van der Waals surface area contributed by atoms with Crippen molar-refractivity contribution in [3.8, 4) is 0 Å². The van der Waals surface area contributed by atoms with Crippen LogP contribution in [-0.2, 0) is 9.53 Å². The third kappa shape index (κ3) is 1.86. The van der Waals surface area contributed by atoms with E-state index in [9.17, 15) is 4.79 Å². The average molecular weight is 252 g/mol. The van der Waals surface area contributed by atoms with Crippen LogP contribution in [0.4, 0.5) is 0 Å². The maximum Gasteiger partial charge on any atom is 0.230 e. The SMILES string of the molecule is CC(C)C1(C(=O)N2CC3CCC(C2)O3)CCNC1. The summed E-state index contributed by atoms with van der Waals surface area (Å²) >= 11 is 0. The summed E-state index contributed by atoms with van der Waals surface area (Å²) in [5, 5.41) is 3.37. The number of amides is 1. The van der Waals surface area contributed by atoms with Crippen molar-refractivity contribution in [2.45, 2.75) is 45.3 Å². The fourth-order valence-electron chi connectivity index (χ4n) is 3.73. The molecule has 0 aromatic heterocycles. The molecule has 18 heavy (non-hydrogen) atoms. The Hall–Kier alpha value is -0.610. The minimum atomic E-state index is -0.170. The molecule has 3 fully saturated rings. The van der Waals surface area contributed by atoms with Crippen molar-refractivity contribution < 1.29 is 9.53 Å². The Kier molecular flexibility index (Phi) is 3.10.